The monoisotopic (exact) mass is 173 g/mol. The van der Waals surface area contributed by atoms with E-state index in [2.05, 4.69) is 23.6 Å². The van der Waals surface area contributed by atoms with E-state index in [1.165, 1.54) is 0 Å². The highest BCUT2D eigenvalue weighted by atomic mass is 16.6. The molecule has 1 amide bonds. The third kappa shape index (κ3) is 15.8. The number of carbonyl (C=O) groups is 2. The molecule has 0 aromatic carbocycles. The molecular formula is C7H11NO4. The Kier molecular flexibility index (Phi) is 10.2. The number of aliphatic hydroxyl groups excluding tert-OH is 1. The van der Waals surface area contributed by atoms with Crippen LogP contribution in [0.25, 0.3) is 0 Å². The zero-order valence-corrected chi connectivity index (χ0v) is 6.53. The Bertz CT molecular complexity index is 176. The maximum absolute atomic E-state index is 9.91. The second-order valence-electron chi connectivity index (χ2n) is 1.40. The van der Waals surface area contributed by atoms with Crippen molar-refractivity contribution in [3.63, 3.8) is 0 Å². The average molecular weight is 173 g/mol. The predicted molar refractivity (Wildman–Crippen MR) is 42.8 cm³/mol. The normalized spacial score (nSPS) is 7.08. The number of esters is 1. The SMILES string of the molecule is C=CC(=O)OCO.C=CC(N)=O. The number of hydrogen-bond donors (Lipinski definition) is 2. The number of ether oxygens (including phenoxy) is 1. The number of hydrogen-bond acceptors (Lipinski definition) is 4. The molecule has 0 spiro atoms. The molecule has 0 unspecified atom stereocenters. The van der Waals surface area contributed by atoms with Crippen molar-refractivity contribution in [2.24, 2.45) is 5.73 Å². The summed E-state index contributed by atoms with van der Waals surface area (Å²) in [5.74, 6) is -1.09. The summed E-state index contributed by atoms with van der Waals surface area (Å²) < 4.78 is 3.99. The van der Waals surface area contributed by atoms with Gasteiger partial charge in [0.05, 0.1) is 0 Å². The number of nitrogens with two attached hydrogens (primary N) is 1. The Hall–Kier alpha value is -1.62. The van der Waals surface area contributed by atoms with Crippen LogP contribution in [0, 0.1) is 0 Å². The lowest BCUT2D eigenvalue weighted by atomic mass is 10.6. The molecular weight excluding hydrogens is 162 g/mol. The van der Waals surface area contributed by atoms with Gasteiger partial charge in [-0.2, -0.15) is 0 Å². The summed E-state index contributed by atoms with van der Waals surface area (Å²) in [4.78, 5) is 19.4. The van der Waals surface area contributed by atoms with E-state index >= 15 is 0 Å². The van der Waals surface area contributed by atoms with Gasteiger partial charge in [0.2, 0.25) is 5.91 Å². The second kappa shape index (κ2) is 9.38. The van der Waals surface area contributed by atoms with E-state index in [0.29, 0.717) is 0 Å². The molecule has 0 radical (unpaired) electrons. The van der Waals surface area contributed by atoms with Crippen LogP contribution in [0.4, 0.5) is 0 Å². The van der Waals surface area contributed by atoms with Crippen LogP contribution >= 0.6 is 0 Å². The van der Waals surface area contributed by atoms with E-state index in [1.807, 2.05) is 0 Å². The molecule has 5 heteroatoms. The van der Waals surface area contributed by atoms with E-state index in [4.69, 9.17) is 5.11 Å². The molecule has 0 saturated carbocycles. The van der Waals surface area contributed by atoms with E-state index in [-0.39, 0.29) is 0 Å². The molecule has 3 N–H and O–H groups in total. The van der Waals surface area contributed by atoms with E-state index < -0.39 is 18.7 Å². The molecule has 0 atom stereocenters. The highest BCUT2D eigenvalue weighted by Gasteiger charge is 1.87. The van der Waals surface area contributed by atoms with Gasteiger partial charge in [0.15, 0.2) is 6.79 Å². The van der Waals surface area contributed by atoms with Crippen LogP contribution in [0.3, 0.4) is 0 Å². The smallest absolute Gasteiger partial charge is 0.332 e. The largest absolute Gasteiger partial charge is 0.436 e. The second-order valence-corrected chi connectivity index (χ2v) is 1.40. The van der Waals surface area contributed by atoms with Gasteiger partial charge in [-0.1, -0.05) is 13.2 Å². The maximum atomic E-state index is 9.91. The number of primary amides is 1. The van der Waals surface area contributed by atoms with Gasteiger partial charge in [-0.3, -0.25) is 4.79 Å². The first-order chi connectivity index (χ1) is 5.58. The van der Waals surface area contributed by atoms with Crippen molar-refractivity contribution in [2.75, 3.05) is 6.79 Å². The Morgan fingerprint density at radius 3 is 1.92 bits per heavy atom. The van der Waals surface area contributed by atoms with Crippen LogP contribution in [-0.4, -0.2) is 23.8 Å². The molecule has 0 bridgehead atoms. The summed E-state index contributed by atoms with van der Waals surface area (Å²) in [7, 11) is 0. The first kappa shape index (κ1) is 13.0. The third-order valence-electron chi connectivity index (χ3n) is 0.575. The van der Waals surface area contributed by atoms with E-state index in [1.54, 1.807) is 0 Å². The maximum Gasteiger partial charge on any atom is 0.332 e. The van der Waals surface area contributed by atoms with E-state index in [9.17, 15) is 9.59 Å². The third-order valence-corrected chi connectivity index (χ3v) is 0.575. The minimum atomic E-state index is -0.609. The number of rotatable bonds is 3. The van der Waals surface area contributed by atoms with Gasteiger partial charge in [0.25, 0.3) is 0 Å². The molecule has 0 aromatic heterocycles. The minimum Gasteiger partial charge on any atom is -0.436 e. The molecule has 0 aromatic rings. The Labute approximate surface area is 70.1 Å². The van der Waals surface area contributed by atoms with Crippen molar-refractivity contribution in [1.29, 1.82) is 0 Å². The molecule has 0 aliphatic heterocycles. The Morgan fingerprint density at radius 2 is 1.83 bits per heavy atom. The summed E-state index contributed by atoms with van der Waals surface area (Å²) in [6.07, 6.45) is 2.04. The fraction of sp³-hybridized carbons (Fsp3) is 0.143. The van der Waals surface area contributed by atoms with Gasteiger partial charge < -0.3 is 15.6 Å². The van der Waals surface area contributed by atoms with Crippen molar-refractivity contribution < 1.29 is 19.4 Å². The molecule has 0 aliphatic carbocycles. The quantitative estimate of drug-likeness (QED) is 0.336. The number of carbonyl (C=O) groups excluding carboxylic acids is 2. The summed E-state index contributed by atoms with van der Waals surface area (Å²) in [5, 5.41) is 7.88. The zero-order chi connectivity index (χ0) is 9.98. The first-order valence-electron chi connectivity index (χ1n) is 2.90. The van der Waals surface area contributed by atoms with Crippen LogP contribution in [0.2, 0.25) is 0 Å². The van der Waals surface area contributed by atoms with Crippen molar-refractivity contribution in [1.82, 2.24) is 0 Å². The lowest BCUT2D eigenvalue weighted by Gasteiger charge is -1.89. The molecule has 0 aliphatic rings. The predicted octanol–water partition coefficient (Wildman–Crippen LogP) is -0.677. The lowest BCUT2D eigenvalue weighted by molar-refractivity contribution is -0.145. The van der Waals surface area contributed by atoms with Crippen LogP contribution in [0.1, 0.15) is 0 Å². The summed E-state index contributed by atoms with van der Waals surface area (Å²) >= 11 is 0. The molecule has 68 valence electrons. The van der Waals surface area contributed by atoms with Gasteiger partial charge in [-0.05, 0) is 6.08 Å². The van der Waals surface area contributed by atoms with Crippen LogP contribution < -0.4 is 5.73 Å². The van der Waals surface area contributed by atoms with Crippen LogP contribution in [0.5, 0.6) is 0 Å². The topological polar surface area (TPSA) is 89.6 Å². The van der Waals surface area contributed by atoms with Crippen molar-refractivity contribution in [3.05, 3.63) is 25.3 Å². The van der Waals surface area contributed by atoms with Gasteiger partial charge in [-0.15, -0.1) is 0 Å². The molecule has 12 heavy (non-hydrogen) atoms. The molecule has 0 rings (SSSR count). The summed E-state index contributed by atoms with van der Waals surface area (Å²) in [5.41, 5.74) is 4.53. The van der Waals surface area contributed by atoms with Crippen molar-refractivity contribution in [3.8, 4) is 0 Å². The van der Waals surface area contributed by atoms with Crippen molar-refractivity contribution in [2.45, 2.75) is 0 Å². The van der Waals surface area contributed by atoms with Crippen molar-refractivity contribution >= 4 is 11.9 Å². The average Bonchev–Trinajstić information content (AvgIpc) is 2.06. The Morgan fingerprint density at radius 1 is 1.42 bits per heavy atom. The van der Waals surface area contributed by atoms with Gasteiger partial charge in [-0.25, -0.2) is 4.79 Å². The highest BCUT2D eigenvalue weighted by molar-refractivity contribution is 5.85. The van der Waals surface area contributed by atoms with Gasteiger partial charge >= 0.3 is 5.97 Å². The fourth-order valence-corrected chi connectivity index (χ4v) is 0.123. The van der Waals surface area contributed by atoms with E-state index in [0.717, 1.165) is 12.2 Å². The van der Waals surface area contributed by atoms with Crippen LogP contribution in [0.15, 0.2) is 25.3 Å². The Balaban J connectivity index is 0. The summed E-state index contributed by atoms with van der Waals surface area (Å²) in [6.45, 7) is 5.60. The molecule has 0 fully saturated rings. The zero-order valence-electron chi connectivity index (χ0n) is 6.53. The highest BCUT2D eigenvalue weighted by Crippen LogP contribution is 1.72. The molecule has 0 saturated heterocycles. The van der Waals surface area contributed by atoms with Gasteiger partial charge in [0.1, 0.15) is 0 Å². The number of aliphatic hydroxyl groups is 1. The summed E-state index contributed by atoms with van der Waals surface area (Å²) in [6, 6.07) is 0. The minimum absolute atomic E-state index is 0.481. The standard InChI is InChI=1S/C4H6O3.C3H5NO/c1-2-4(6)7-3-5;1-2-3(4)5/h2,5H,1,3H2;2H,1H2,(H2,4,5). The lowest BCUT2D eigenvalue weighted by Crippen LogP contribution is -2.04. The van der Waals surface area contributed by atoms with Crippen LogP contribution in [-0.2, 0) is 14.3 Å². The fourth-order valence-electron chi connectivity index (χ4n) is 0.123. The number of amides is 1. The van der Waals surface area contributed by atoms with Gasteiger partial charge in [0, 0.05) is 6.08 Å². The first-order valence-corrected chi connectivity index (χ1v) is 2.90. The molecule has 5 nitrogen and oxygen atoms in total. The molecule has 0 heterocycles.